The van der Waals surface area contributed by atoms with Gasteiger partial charge in [-0.1, -0.05) is 70.8 Å². The summed E-state index contributed by atoms with van der Waals surface area (Å²) in [5.74, 6) is -1.13. The summed E-state index contributed by atoms with van der Waals surface area (Å²) >= 11 is 4.45. The molecule has 2 N–H and O–H groups in total. The summed E-state index contributed by atoms with van der Waals surface area (Å²) in [5.41, 5.74) is 3.63. The third kappa shape index (κ3) is 4.03. The number of aliphatic hydroxyl groups excluding tert-OH is 2. The van der Waals surface area contributed by atoms with Gasteiger partial charge in [0.05, 0.1) is 38.6 Å². The molecule has 1 aliphatic heterocycles. The van der Waals surface area contributed by atoms with Crippen molar-refractivity contribution in [2.45, 2.75) is 4.90 Å². The Balaban J connectivity index is 1.29. The zero-order valence-electron chi connectivity index (χ0n) is 24.4. The van der Waals surface area contributed by atoms with Gasteiger partial charge >= 0.3 is 0 Å². The van der Waals surface area contributed by atoms with Crippen molar-refractivity contribution in [1.82, 2.24) is 0 Å². The Bertz CT molecular complexity index is 2350. The molecule has 0 amide bonds. The third-order valence-electron chi connectivity index (χ3n) is 8.46. The highest BCUT2D eigenvalue weighted by Gasteiger charge is 2.47. The molecule has 0 saturated heterocycles. The Kier molecular flexibility index (Phi) is 6.25. The lowest BCUT2D eigenvalue weighted by Gasteiger charge is -2.27. The Labute approximate surface area is 270 Å². The largest absolute Gasteiger partial charge is 0.506 e. The van der Waals surface area contributed by atoms with Gasteiger partial charge in [-0.3, -0.25) is 9.59 Å². The van der Waals surface area contributed by atoms with Crippen molar-refractivity contribution in [3.8, 4) is 0 Å². The van der Waals surface area contributed by atoms with Crippen molar-refractivity contribution >= 4 is 83.8 Å². The summed E-state index contributed by atoms with van der Waals surface area (Å²) in [6, 6.07) is 23.7. The molecule has 3 heterocycles. The van der Waals surface area contributed by atoms with Crippen LogP contribution in [0, 0.1) is 0 Å². The Morgan fingerprint density at radius 1 is 0.778 bits per heavy atom. The van der Waals surface area contributed by atoms with Gasteiger partial charge in [0, 0.05) is 30.2 Å². The van der Waals surface area contributed by atoms with Crippen LogP contribution >= 0.6 is 34.4 Å². The van der Waals surface area contributed by atoms with Gasteiger partial charge in [-0.05, 0) is 30.3 Å². The number of benzene rings is 3. The van der Waals surface area contributed by atoms with Crippen molar-refractivity contribution in [1.29, 1.82) is 0 Å². The minimum atomic E-state index is -0.376. The van der Waals surface area contributed by atoms with Gasteiger partial charge in [0.15, 0.2) is 0 Å². The van der Waals surface area contributed by atoms with Crippen molar-refractivity contribution in [2.75, 3.05) is 11.9 Å². The van der Waals surface area contributed by atoms with Gasteiger partial charge in [-0.2, -0.15) is 9.13 Å². The first kappa shape index (κ1) is 27.8. The molecular formula is C35H25N3O4S3+2. The predicted molar refractivity (Wildman–Crippen MR) is 179 cm³/mol. The van der Waals surface area contributed by atoms with Crippen LogP contribution in [-0.2, 0) is 23.7 Å². The highest BCUT2D eigenvalue weighted by atomic mass is 32.2. The topological polar surface area (TPSA) is 85.6 Å². The van der Waals surface area contributed by atoms with Crippen molar-refractivity contribution in [2.24, 2.45) is 14.1 Å². The molecule has 2 aliphatic carbocycles. The quantitative estimate of drug-likeness (QED) is 0.172. The maximum Gasteiger partial charge on any atom is 0.271 e. The summed E-state index contributed by atoms with van der Waals surface area (Å²) in [6.45, 7) is 0. The molecule has 3 aromatic carbocycles. The second kappa shape index (κ2) is 10.1. The van der Waals surface area contributed by atoms with Gasteiger partial charge in [0.25, 0.3) is 10.0 Å². The second-order valence-electron chi connectivity index (χ2n) is 11.0. The molecule has 0 spiro atoms. The number of hydrogen-bond donors (Lipinski definition) is 2. The van der Waals surface area contributed by atoms with Crippen LogP contribution in [0.2, 0.25) is 0 Å². The van der Waals surface area contributed by atoms with E-state index in [-0.39, 0.29) is 51.0 Å². The number of ketones is 2. The van der Waals surface area contributed by atoms with E-state index in [1.54, 1.807) is 12.2 Å². The van der Waals surface area contributed by atoms with Gasteiger partial charge in [-0.15, -0.1) is 0 Å². The fraction of sp³-hybridized carbons (Fsp3) is 0.0857. The van der Waals surface area contributed by atoms with E-state index in [0.29, 0.717) is 5.01 Å². The number of rotatable bonds is 4. The third-order valence-corrected chi connectivity index (χ3v) is 12.0. The monoisotopic (exact) mass is 647 g/mol. The number of aliphatic hydroxyl groups is 2. The van der Waals surface area contributed by atoms with Crippen molar-refractivity contribution in [3.05, 3.63) is 128 Å². The molecule has 220 valence electrons. The maximum atomic E-state index is 13.9. The molecule has 3 aliphatic rings. The van der Waals surface area contributed by atoms with Crippen LogP contribution in [0.1, 0.15) is 10.0 Å². The number of thioether (sulfide) groups is 1. The number of carbonyl (C=O) groups is 2. The summed E-state index contributed by atoms with van der Waals surface area (Å²) in [7, 11) is 5.70. The molecule has 8 rings (SSSR count). The van der Waals surface area contributed by atoms with E-state index in [4.69, 9.17) is 0 Å². The number of allylic oxidation sites excluding steroid dienone is 6. The van der Waals surface area contributed by atoms with E-state index in [9.17, 15) is 19.8 Å². The second-order valence-corrected chi connectivity index (χ2v) is 14.1. The van der Waals surface area contributed by atoms with Crippen LogP contribution in [0.25, 0.3) is 32.1 Å². The van der Waals surface area contributed by atoms with Crippen LogP contribution in [0.5, 0.6) is 0 Å². The van der Waals surface area contributed by atoms with E-state index >= 15 is 0 Å². The first-order valence-corrected chi connectivity index (χ1v) is 16.6. The molecule has 0 fully saturated rings. The Hall–Kier alpha value is -4.77. The van der Waals surface area contributed by atoms with Gasteiger partial charge < -0.3 is 15.1 Å². The van der Waals surface area contributed by atoms with Gasteiger partial charge in [0.1, 0.15) is 35.0 Å². The molecule has 5 aromatic rings. The van der Waals surface area contributed by atoms with Gasteiger partial charge in [0.2, 0.25) is 22.6 Å². The predicted octanol–water partition coefficient (Wildman–Crippen LogP) is 6.48. The van der Waals surface area contributed by atoms with E-state index in [1.807, 2.05) is 108 Å². The Morgan fingerprint density at radius 3 is 2.07 bits per heavy atom. The number of aryl methyl sites for hydroxylation is 2. The summed E-state index contributed by atoms with van der Waals surface area (Å²) in [4.78, 5) is 30.8. The number of anilines is 1. The Morgan fingerprint density at radius 2 is 1.42 bits per heavy atom. The zero-order chi connectivity index (χ0) is 31.1. The molecule has 0 bridgehead atoms. The van der Waals surface area contributed by atoms with Crippen LogP contribution in [-0.4, -0.2) is 28.8 Å². The summed E-state index contributed by atoms with van der Waals surface area (Å²) in [5, 5.41) is 25.1. The SMILES string of the molecule is CN1/C(=C/C2=C(O)C(=C(C3=C(O)/C(=C/c4sc5ccccc5[n+]4C)C3=O)\c3sc4ccccc4[n+]3C)/C2=O)Sc2ccccc21. The highest BCUT2D eigenvalue weighted by Crippen LogP contribution is 2.49. The molecule has 2 aromatic heterocycles. The molecule has 10 heteroatoms. The highest BCUT2D eigenvalue weighted by molar-refractivity contribution is 8.03. The fourth-order valence-electron chi connectivity index (χ4n) is 5.98. The summed E-state index contributed by atoms with van der Waals surface area (Å²) < 4.78 is 5.90. The number of aromatic nitrogens is 2. The normalized spacial score (nSPS) is 19.3. The van der Waals surface area contributed by atoms with E-state index in [2.05, 4.69) is 0 Å². The lowest BCUT2D eigenvalue weighted by atomic mass is 9.76. The summed E-state index contributed by atoms with van der Waals surface area (Å²) in [6.07, 6.45) is 3.38. The number of para-hydroxylation sites is 3. The van der Waals surface area contributed by atoms with E-state index in [1.165, 1.54) is 34.4 Å². The maximum absolute atomic E-state index is 13.9. The lowest BCUT2D eigenvalue weighted by Crippen LogP contribution is -2.36. The number of hydrogen-bond acceptors (Lipinski definition) is 8. The number of nitrogens with zero attached hydrogens (tertiary/aromatic N) is 3. The molecule has 7 nitrogen and oxygen atoms in total. The minimum absolute atomic E-state index is 0.0357. The van der Waals surface area contributed by atoms with E-state index in [0.717, 1.165) is 41.1 Å². The van der Waals surface area contributed by atoms with Crippen LogP contribution in [0.4, 0.5) is 5.69 Å². The van der Waals surface area contributed by atoms with Crippen LogP contribution in [0.15, 0.2) is 123 Å². The van der Waals surface area contributed by atoms with Crippen molar-refractivity contribution in [3.63, 3.8) is 0 Å². The van der Waals surface area contributed by atoms with E-state index < -0.39 is 0 Å². The molecule has 0 radical (unpaired) electrons. The average Bonchev–Trinajstić information content (AvgIpc) is 3.68. The number of Topliss-reactive ketones (excluding diaryl/α,β-unsaturated/α-hetero) is 2. The number of fused-ring (bicyclic) bond motifs is 3. The fourth-order valence-corrected chi connectivity index (χ4v) is 9.37. The average molecular weight is 648 g/mol. The molecule has 0 atom stereocenters. The standard InChI is InChI=1S/C35H23N3O4S3/c1-36-20-10-4-7-13-23(20)43-26(36)16-18-31(39)29(32(18)40)28(35-38(3)22-12-6-9-15-25(22)45-35)30-33(41)19(34(30)42)17-27-37(2)21-11-5-8-14-24(21)44-27/h4-17H,1-3H3/p+2. The number of carbonyl (C=O) groups excluding carboxylic acids is 2. The number of thiazole rings is 2. The lowest BCUT2D eigenvalue weighted by molar-refractivity contribution is -0.642. The smallest absolute Gasteiger partial charge is 0.271 e. The zero-order valence-corrected chi connectivity index (χ0v) is 26.8. The minimum Gasteiger partial charge on any atom is -0.506 e. The van der Waals surface area contributed by atoms with Crippen LogP contribution in [0.3, 0.4) is 0 Å². The first-order valence-electron chi connectivity index (χ1n) is 14.2. The first-order chi connectivity index (χ1) is 21.7. The van der Waals surface area contributed by atoms with Gasteiger partial charge in [-0.25, -0.2) is 0 Å². The molecular weight excluding hydrogens is 623 g/mol. The molecule has 0 unspecified atom stereocenters. The molecule has 0 saturated carbocycles. The molecule has 45 heavy (non-hydrogen) atoms. The van der Waals surface area contributed by atoms with Crippen molar-refractivity contribution < 1.29 is 28.9 Å². The van der Waals surface area contributed by atoms with Crippen LogP contribution < -0.4 is 14.0 Å².